The second kappa shape index (κ2) is 4.18. The zero-order valence-electron chi connectivity index (χ0n) is 9.37. The molecule has 3 nitrogen and oxygen atoms in total. The summed E-state index contributed by atoms with van der Waals surface area (Å²) in [5.41, 5.74) is 2.59. The maximum atomic E-state index is 6.22. The van der Waals surface area contributed by atoms with Gasteiger partial charge in [0.2, 0.25) is 0 Å². The third-order valence-electron chi connectivity index (χ3n) is 2.60. The maximum Gasteiger partial charge on any atom is 0.138 e. The molecule has 0 aliphatic heterocycles. The van der Waals surface area contributed by atoms with E-state index in [9.17, 15) is 0 Å². The summed E-state index contributed by atoms with van der Waals surface area (Å²) in [6.45, 7) is 3.83. The molecule has 2 rings (SSSR count). The molecule has 16 heavy (non-hydrogen) atoms. The van der Waals surface area contributed by atoms with Crippen molar-refractivity contribution in [3.8, 4) is 17.0 Å². The van der Waals surface area contributed by atoms with Crippen molar-refractivity contribution in [2.45, 2.75) is 13.8 Å². The van der Waals surface area contributed by atoms with Crippen molar-refractivity contribution in [1.29, 1.82) is 0 Å². The fraction of sp³-hybridized carbons (Fsp3) is 0.250. The maximum absolute atomic E-state index is 6.22. The van der Waals surface area contributed by atoms with E-state index >= 15 is 0 Å². The number of hydrogen-bond acceptors (Lipinski definition) is 3. The van der Waals surface area contributed by atoms with Crippen LogP contribution in [0.3, 0.4) is 0 Å². The highest BCUT2D eigenvalue weighted by Gasteiger charge is 2.15. The molecule has 2 aromatic rings. The molecule has 0 spiro atoms. The Morgan fingerprint density at radius 1 is 1.31 bits per heavy atom. The molecule has 0 atom stereocenters. The van der Waals surface area contributed by atoms with Gasteiger partial charge in [-0.2, -0.15) is 0 Å². The zero-order chi connectivity index (χ0) is 11.7. The number of rotatable bonds is 2. The van der Waals surface area contributed by atoms with Crippen molar-refractivity contribution >= 4 is 11.6 Å². The first-order chi connectivity index (χ1) is 7.65. The van der Waals surface area contributed by atoms with Gasteiger partial charge in [0.1, 0.15) is 17.2 Å². The number of halogens is 1. The smallest absolute Gasteiger partial charge is 0.138 e. The van der Waals surface area contributed by atoms with Crippen molar-refractivity contribution in [3.63, 3.8) is 0 Å². The first-order valence-electron chi connectivity index (χ1n) is 4.91. The lowest BCUT2D eigenvalue weighted by molar-refractivity contribution is 0.398. The van der Waals surface area contributed by atoms with Crippen LogP contribution in [0, 0.1) is 13.8 Å². The van der Waals surface area contributed by atoms with Gasteiger partial charge in [-0.15, -0.1) is 0 Å². The predicted molar refractivity (Wildman–Crippen MR) is 63.0 cm³/mol. The van der Waals surface area contributed by atoms with E-state index in [1.807, 2.05) is 32.0 Å². The summed E-state index contributed by atoms with van der Waals surface area (Å²) in [6.07, 6.45) is 0. The quantitative estimate of drug-likeness (QED) is 0.800. The highest BCUT2D eigenvalue weighted by atomic mass is 35.5. The van der Waals surface area contributed by atoms with Gasteiger partial charge in [0.25, 0.3) is 0 Å². The summed E-state index contributed by atoms with van der Waals surface area (Å²) in [7, 11) is 1.59. The summed E-state index contributed by atoms with van der Waals surface area (Å²) in [6, 6.07) is 5.59. The van der Waals surface area contributed by atoms with Gasteiger partial charge in [0, 0.05) is 11.1 Å². The van der Waals surface area contributed by atoms with E-state index in [1.165, 1.54) is 0 Å². The van der Waals surface area contributed by atoms with Crippen LogP contribution in [0.15, 0.2) is 22.7 Å². The minimum Gasteiger partial charge on any atom is -0.495 e. The number of aromatic nitrogens is 1. The Hall–Kier alpha value is -1.48. The topological polar surface area (TPSA) is 35.3 Å². The number of ether oxygens (including phenoxy) is 1. The third kappa shape index (κ3) is 1.67. The largest absolute Gasteiger partial charge is 0.495 e. The molecule has 0 aliphatic carbocycles. The molecular formula is C12H12ClNO2. The monoisotopic (exact) mass is 237 g/mol. The van der Waals surface area contributed by atoms with Crippen molar-refractivity contribution in [3.05, 3.63) is 34.5 Å². The van der Waals surface area contributed by atoms with Gasteiger partial charge < -0.3 is 9.26 Å². The van der Waals surface area contributed by atoms with Crippen LogP contribution in [0.25, 0.3) is 11.3 Å². The molecule has 0 unspecified atom stereocenters. The molecule has 0 saturated heterocycles. The van der Waals surface area contributed by atoms with Crippen molar-refractivity contribution in [2.75, 3.05) is 7.11 Å². The number of hydrogen-bond donors (Lipinski definition) is 0. The molecule has 0 radical (unpaired) electrons. The van der Waals surface area contributed by atoms with E-state index in [0.717, 1.165) is 22.6 Å². The Morgan fingerprint density at radius 2 is 2.06 bits per heavy atom. The summed E-state index contributed by atoms with van der Waals surface area (Å²) in [5, 5.41) is 4.56. The molecule has 1 aromatic heterocycles. The van der Waals surface area contributed by atoms with Crippen molar-refractivity contribution in [2.24, 2.45) is 0 Å². The molecular weight excluding hydrogens is 226 g/mol. The fourth-order valence-electron chi connectivity index (χ4n) is 1.52. The molecule has 0 aliphatic rings. The van der Waals surface area contributed by atoms with Crippen molar-refractivity contribution < 1.29 is 9.26 Å². The second-order valence-electron chi connectivity index (χ2n) is 3.53. The SMILES string of the molecule is COc1cccc(-c2noc(C)c2C)c1Cl. The minimum absolute atomic E-state index is 0.557. The average molecular weight is 238 g/mol. The first kappa shape index (κ1) is 11.0. The molecule has 1 aromatic carbocycles. The van der Waals surface area contributed by atoms with Crippen LogP contribution < -0.4 is 4.74 Å². The Morgan fingerprint density at radius 3 is 2.62 bits per heavy atom. The van der Waals surface area contributed by atoms with Crippen LogP contribution in [-0.2, 0) is 0 Å². The van der Waals surface area contributed by atoms with E-state index in [0.29, 0.717) is 10.8 Å². The van der Waals surface area contributed by atoms with E-state index in [4.69, 9.17) is 20.9 Å². The summed E-state index contributed by atoms with van der Waals surface area (Å²) < 4.78 is 10.3. The van der Waals surface area contributed by atoms with Gasteiger partial charge in [0.05, 0.1) is 12.1 Å². The van der Waals surface area contributed by atoms with Crippen LogP contribution in [0.1, 0.15) is 11.3 Å². The van der Waals surface area contributed by atoms with Gasteiger partial charge in [-0.05, 0) is 19.9 Å². The highest BCUT2D eigenvalue weighted by molar-refractivity contribution is 6.34. The van der Waals surface area contributed by atoms with Crippen LogP contribution >= 0.6 is 11.6 Å². The number of methoxy groups -OCH3 is 1. The molecule has 0 N–H and O–H groups in total. The van der Waals surface area contributed by atoms with E-state index < -0.39 is 0 Å². The number of nitrogens with zero attached hydrogens (tertiary/aromatic N) is 1. The van der Waals surface area contributed by atoms with Crippen LogP contribution in [-0.4, -0.2) is 12.3 Å². The molecule has 0 amide bonds. The Bertz CT molecular complexity index is 520. The fourth-order valence-corrected chi connectivity index (χ4v) is 1.81. The normalized spacial score (nSPS) is 10.5. The van der Waals surface area contributed by atoms with E-state index in [2.05, 4.69) is 5.16 Å². The lowest BCUT2D eigenvalue weighted by Gasteiger charge is -2.06. The number of benzene rings is 1. The number of aryl methyl sites for hydroxylation is 1. The molecule has 0 fully saturated rings. The molecule has 0 saturated carbocycles. The lowest BCUT2D eigenvalue weighted by atomic mass is 10.1. The average Bonchev–Trinajstić information content (AvgIpc) is 2.61. The Kier molecular flexibility index (Phi) is 2.88. The van der Waals surface area contributed by atoms with Crippen LogP contribution in [0.5, 0.6) is 5.75 Å². The van der Waals surface area contributed by atoms with E-state index in [-0.39, 0.29) is 0 Å². The summed E-state index contributed by atoms with van der Waals surface area (Å²) >= 11 is 6.22. The van der Waals surface area contributed by atoms with Crippen LogP contribution in [0.4, 0.5) is 0 Å². The van der Waals surface area contributed by atoms with Crippen LogP contribution in [0.2, 0.25) is 5.02 Å². The Balaban J connectivity index is 2.60. The van der Waals surface area contributed by atoms with Gasteiger partial charge in [-0.25, -0.2) is 0 Å². The van der Waals surface area contributed by atoms with Crippen molar-refractivity contribution in [1.82, 2.24) is 5.16 Å². The summed E-state index contributed by atoms with van der Waals surface area (Å²) in [4.78, 5) is 0. The highest BCUT2D eigenvalue weighted by Crippen LogP contribution is 2.36. The minimum atomic E-state index is 0.557. The third-order valence-corrected chi connectivity index (χ3v) is 2.99. The van der Waals surface area contributed by atoms with Gasteiger partial charge in [0.15, 0.2) is 0 Å². The second-order valence-corrected chi connectivity index (χ2v) is 3.91. The molecule has 4 heteroatoms. The van der Waals surface area contributed by atoms with Gasteiger partial charge in [-0.3, -0.25) is 0 Å². The lowest BCUT2D eigenvalue weighted by Crippen LogP contribution is -1.88. The predicted octanol–water partition coefficient (Wildman–Crippen LogP) is 3.62. The molecule has 84 valence electrons. The summed E-state index contributed by atoms with van der Waals surface area (Å²) in [5.74, 6) is 1.44. The van der Waals surface area contributed by atoms with Gasteiger partial charge >= 0.3 is 0 Å². The standard InChI is InChI=1S/C12H12ClNO2/c1-7-8(2)16-14-12(7)9-5-4-6-10(15-3)11(9)13/h4-6H,1-3H3. The van der Waals surface area contributed by atoms with E-state index in [1.54, 1.807) is 7.11 Å². The first-order valence-corrected chi connectivity index (χ1v) is 5.28. The molecule has 1 heterocycles. The van der Waals surface area contributed by atoms with Gasteiger partial charge in [-0.1, -0.05) is 28.9 Å². The zero-order valence-corrected chi connectivity index (χ0v) is 10.1. The Labute approximate surface area is 99.0 Å². The molecule has 0 bridgehead atoms.